The van der Waals surface area contributed by atoms with Crippen molar-refractivity contribution in [3.05, 3.63) is 0 Å². The van der Waals surface area contributed by atoms with Crippen molar-refractivity contribution in [2.45, 2.75) is 77.1 Å². The Balaban J connectivity index is 2.41. The van der Waals surface area contributed by atoms with E-state index >= 15 is 0 Å². The minimum atomic E-state index is -0.489. The van der Waals surface area contributed by atoms with Gasteiger partial charge in [0, 0.05) is 12.1 Å². The van der Waals surface area contributed by atoms with Crippen LogP contribution in [0.2, 0.25) is 0 Å². The van der Waals surface area contributed by atoms with Crippen molar-refractivity contribution in [1.82, 2.24) is 10.6 Å². The first kappa shape index (κ1) is 16.8. The Bertz CT molecular complexity index is 352. The highest BCUT2D eigenvalue weighted by Gasteiger charge is 2.26. The first-order valence-corrected chi connectivity index (χ1v) is 7.22. The van der Waals surface area contributed by atoms with E-state index in [4.69, 9.17) is 10.5 Å². The predicted octanol–water partition coefficient (Wildman–Crippen LogP) is 1.29. The summed E-state index contributed by atoms with van der Waals surface area (Å²) in [6, 6.07) is -0.0670. The summed E-state index contributed by atoms with van der Waals surface area (Å²) >= 11 is 0. The first-order valence-electron chi connectivity index (χ1n) is 7.22. The molecule has 3 atom stereocenters. The number of ether oxygens (including phenoxy) is 1. The second-order valence-electron chi connectivity index (χ2n) is 6.50. The Kier molecular flexibility index (Phi) is 5.80. The summed E-state index contributed by atoms with van der Waals surface area (Å²) in [6.07, 6.45) is 3.33. The molecule has 4 N–H and O–H groups in total. The van der Waals surface area contributed by atoms with Gasteiger partial charge in [0.15, 0.2) is 0 Å². The first-order chi connectivity index (χ1) is 9.17. The molecule has 2 amide bonds. The van der Waals surface area contributed by atoms with E-state index in [1.165, 1.54) is 0 Å². The van der Waals surface area contributed by atoms with Gasteiger partial charge >= 0.3 is 6.09 Å². The van der Waals surface area contributed by atoms with Crippen LogP contribution in [-0.2, 0) is 9.53 Å². The normalized spacial score (nSPS) is 24.8. The van der Waals surface area contributed by atoms with Gasteiger partial charge in [-0.05, 0) is 53.4 Å². The monoisotopic (exact) mass is 285 g/mol. The second-order valence-corrected chi connectivity index (χ2v) is 6.50. The lowest BCUT2D eigenvalue weighted by Gasteiger charge is -2.32. The van der Waals surface area contributed by atoms with E-state index in [0.29, 0.717) is 0 Å². The number of nitrogens with two attached hydrogens (primary N) is 1. The molecule has 0 saturated heterocycles. The van der Waals surface area contributed by atoms with E-state index in [1.54, 1.807) is 6.92 Å². The lowest BCUT2D eigenvalue weighted by atomic mass is 9.90. The van der Waals surface area contributed by atoms with Crippen LogP contribution in [0.4, 0.5) is 4.79 Å². The zero-order chi connectivity index (χ0) is 15.3. The number of rotatable bonds is 4. The molecule has 1 saturated carbocycles. The van der Waals surface area contributed by atoms with Gasteiger partial charge in [-0.25, -0.2) is 4.79 Å². The molecule has 0 heterocycles. The quantitative estimate of drug-likeness (QED) is 0.725. The fraction of sp³-hybridized carbons (Fsp3) is 0.857. The van der Waals surface area contributed by atoms with Crippen LogP contribution >= 0.6 is 0 Å². The number of hydrogen-bond donors (Lipinski definition) is 3. The average molecular weight is 285 g/mol. The summed E-state index contributed by atoms with van der Waals surface area (Å²) < 4.78 is 5.25. The van der Waals surface area contributed by atoms with Gasteiger partial charge < -0.3 is 21.1 Å². The van der Waals surface area contributed by atoms with Gasteiger partial charge in [0.1, 0.15) is 5.60 Å². The summed E-state index contributed by atoms with van der Waals surface area (Å²) in [6.45, 7) is 7.28. The van der Waals surface area contributed by atoms with Crippen LogP contribution in [0.3, 0.4) is 0 Å². The van der Waals surface area contributed by atoms with Crippen LogP contribution in [0, 0.1) is 0 Å². The highest BCUT2D eigenvalue weighted by Crippen LogP contribution is 2.19. The zero-order valence-electron chi connectivity index (χ0n) is 12.9. The maximum atomic E-state index is 11.7. The fourth-order valence-corrected chi connectivity index (χ4v) is 2.38. The minimum absolute atomic E-state index is 0.0798. The van der Waals surface area contributed by atoms with Crippen LogP contribution in [0.1, 0.15) is 53.4 Å². The molecule has 6 heteroatoms. The van der Waals surface area contributed by atoms with Crippen molar-refractivity contribution in [3.8, 4) is 0 Å². The van der Waals surface area contributed by atoms with Crippen LogP contribution in [-0.4, -0.2) is 35.7 Å². The Hall–Kier alpha value is -1.30. The molecule has 116 valence electrons. The van der Waals surface area contributed by atoms with Gasteiger partial charge in [-0.1, -0.05) is 0 Å². The molecule has 0 spiro atoms. The average Bonchev–Trinajstić information content (AvgIpc) is 2.26. The summed E-state index contributed by atoms with van der Waals surface area (Å²) in [5.74, 6) is -0.354. The predicted molar refractivity (Wildman–Crippen MR) is 77.2 cm³/mol. The van der Waals surface area contributed by atoms with E-state index in [0.717, 1.165) is 25.7 Å². The molecule has 20 heavy (non-hydrogen) atoms. The van der Waals surface area contributed by atoms with E-state index in [1.807, 2.05) is 20.8 Å². The summed E-state index contributed by atoms with van der Waals surface area (Å²) in [4.78, 5) is 22.8. The molecule has 1 rings (SSSR count). The third kappa shape index (κ3) is 6.23. The molecule has 0 aromatic heterocycles. The van der Waals surface area contributed by atoms with Gasteiger partial charge in [0.05, 0.1) is 6.04 Å². The molecule has 0 bridgehead atoms. The molecule has 0 aromatic rings. The molecule has 1 fully saturated rings. The zero-order valence-corrected chi connectivity index (χ0v) is 12.9. The summed E-state index contributed by atoms with van der Waals surface area (Å²) in [5, 5.41) is 6.09. The largest absolute Gasteiger partial charge is 0.444 e. The number of primary amides is 1. The molecule has 6 nitrogen and oxygen atoms in total. The fourth-order valence-electron chi connectivity index (χ4n) is 2.38. The molecule has 3 unspecified atom stereocenters. The van der Waals surface area contributed by atoms with E-state index in [9.17, 15) is 9.59 Å². The number of hydrogen-bond acceptors (Lipinski definition) is 4. The molecular formula is C14H27N3O3. The topological polar surface area (TPSA) is 93.4 Å². The van der Waals surface area contributed by atoms with E-state index < -0.39 is 5.60 Å². The van der Waals surface area contributed by atoms with Crippen molar-refractivity contribution in [2.75, 3.05) is 0 Å². The van der Waals surface area contributed by atoms with Crippen LogP contribution in [0.15, 0.2) is 0 Å². The Morgan fingerprint density at radius 2 is 1.85 bits per heavy atom. The van der Waals surface area contributed by atoms with Crippen molar-refractivity contribution in [1.29, 1.82) is 0 Å². The van der Waals surface area contributed by atoms with Gasteiger partial charge in [-0.3, -0.25) is 4.79 Å². The van der Waals surface area contributed by atoms with Gasteiger partial charge in [0.2, 0.25) is 5.91 Å². The second kappa shape index (κ2) is 6.92. The standard InChI is InChI=1S/C14H27N3O3/c1-9(12(15)18)16-10-6-5-7-11(8-10)17-13(19)20-14(2,3)4/h9-11,16H,5-8H2,1-4H3,(H2,15,18)(H,17,19). The Morgan fingerprint density at radius 1 is 1.25 bits per heavy atom. The third-order valence-electron chi connectivity index (χ3n) is 3.31. The molecule has 0 aromatic carbocycles. The van der Waals surface area contributed by atoms with Crippen molar-refractivity contribution in [3.63, 3.8) is 0 Å². The Morgan fingerprint density at radius 3 is 2.40 bits per heavy atom. The molecule has 1 aliphatic rings. The molecule has 0 aliphatic heterocycles. The van der Waals surface area contributed by atoms with Crippen LogP contribution < -0.4 is 16.4 Å². The summed E-state index contributed by atoms with van der Waals surface area (Å²) in [7, 11) is 0. The SMILES string of the molecule is CC(NC1CCCC(NC(=O)OC(C)(C)C)C1)C(N)=O. The number of carbonyl (C=O) groups is 2. The van der Waals surface area contributed by atoms with Crippen molar-refractivity contribution in [2.24, 2.45) is 5.73 Å². The maximum absolute atomic E-state index is 11.7. The molecular weight excluding hydrogens is 258 g/mol. The number of nitrogens with one attached hydrogen (secondary N) is 2. The highest BCUT2D eigenvalue weighted by molar-refractivity contribution is 5.79. The minimum Gasteiger partial charge on any atom is -0.444 e. The van der Waals surface area contributed by atoms with Crippen LogP contribution in [0.25, 0.3) is 0 Å². The smallest absolute Gasteiger partial charge is 0.407 e. The maximum Gasteiger partial charge on any atom is 0.407 e. The lowest BCUT2D eigenvalue weighted by molar-refractivity contribution is -0.119. The lowest BCUT2D eigenvalue weighted by Crippen LogP contribution is -2.50. The van der Waals surface area contributed by atoms with Gasteiger partial charge in [-0.15, -0.1) is 0 Å². The van der Waals surface area contributed by atoms with Gasteiger partial charge in [0.25, 0.3) is 0 Å². The Labute approximate surface area is 120 Å². The number of amides is 2. The van der Waals surface area contributed by atoms with Crippen molar-refractivity contribution < 1.29 is 14.3 Å². The van der Waals surface area contributed by atoms with Crippen LogP contribution in [0.5, 0.6) is 0 Å². The molecule has 1 aliphatic carbocycles. The van der Waals surface area contributed by atoms with E-state index in [2.05, 4.69) is 10.6 Å². The van der Waals surface area contributed by atoms with Gasteiger partial charge in [-0.2, -0.15) is 0 Å². The summed E-state index contributed by atoms with van der Waals surface area (Å²) in [5.41, 5.74) is 4.76. The van der Waals surface area contributed by atoms with Crippen molar-refractivity contribution >= 4 is 12.0 Å². The number of carbonyl (C=O) groups excluding carboxylic acids is 2. The number of alkyl carbamates (subject to hydrolysis) is 1. The highest BCUT2D eigenvalue weighted by atomic mass is 16.6. The molecule has 0 radical (unpaired) electrons. The van der Waals surface area contributed by atoms with E-state index in [-0.39, 0.29) is 30.1 Å². The third-order valence-corrected chi connectivity index (χ3v) is 3.31.